The van der Waals surface area contributed by atoms with Gasteiger partial charge in [0.15, 0.2) is 0 Å². The van der Waals surface area contributed by atoms with Crippen LogP contribution in [-0.4, -0.2) is 37.2 Å². The fourth-order valence-corrected chi connectivity index (χ4v) is 1.52. The van der Waals surface area contributed by atoms with Crippen LogP contribution < -0.4 is 4.74 Å². The van der Waals surface area contributed by atoms with Crippen LogP contribution in [-0.2, 0) is 0 Å². The maximum Gasteiger partial charge on any atom is 0.257 e. The Kier molecular flexibility index (Phi) is 4.37. The third-order valence-electron chi connectivity index (χ3n) is 2.32. The van der Waals surface area contributed by atoms with E-state index in [1.165, 1.54) is 12.0 Å². The Morgan fingerprint density at radius 1 is 1.47 bits per heavy atom. The molecule has 0 saturated heterocycles. The van der Waals surface area contributed by atoms with Gasteiger partial charge in [0.25, 0.3) is 5.91 Å². The molecule has 1 rings (SSSR count). The average molecular weight is 250 g/mol. The minimum atomic E-state index is -0.108. The molecule has 0 aliphatic rings. The van der Waals surface area contributed by atoms with Gasteiger partial charge in [0, 0.05) is 20.2 Å². The number of isothiocyanates is 1. The Hall–Kier alpha value is -1.71. The number of methoxy groups -OCH3 is 1. The molecule has 0 spiro atoms. The number of aryl methyl sites for hydroxylation is 1. The van der Waals surface area contributed by atoms with E-state index in [2.05, 4.69) is 22.4 Å². The third-order valence-corrected chi connectivity index (χ3v) is 2.41. The van der Waals surface area contributed by atoms with E-state index in [-0.39, 0.29) is 5.91 Å². The molecule has 0 heterocycles. The van der Waals surface area contributed by atoms with Gasteiger partial charge in [0.05, 0.1) is 23.5 Å². The smallest absolute Gasteiger partial charge is 0.257 e. The Bertz CT molecular complexity index is 492. The van der Waals surface area contributed by atoms with Crippen LogP contribution in [0.3, 0.4) is 0 Å². The van der Waals surface area contributed by atoms with E-state index in [4.69, 9.17) is 4.74 Å². The van der Waals surface area contributed by atoms with Gasteiger partial charge in [0.2, 0.25) is 0 Å². The highest BCUT2D eigenvalue weighted by Crippen LogP contribution is 2.29. The first-order valence-corrected chi connectivity index (χ1v) is 5.40. The highest BCUT2D eigenvalue weighted by Gasteiger charge is 2.16. The SMILES string of the molecule is COc1cc(N=C=S)c(C)cc1C(=O)N(C)C. The van der Waals surface area contributed by atoms with E-state index >= 15 is 0 Å². The molecule has 0 atom stereocenters. The number of ether oxygens (including phenoxy) is 1. The summed E-state index contributed by atoms with van der Waals surface area (Å²) in [4.78, 5) is 17.3. The lowest BCUT2D eigenvalue weighted by atomic mass is 10.1. The topological polar surface area (TPSA) is 41.9 Å². The van der Waals surface area contributed by atoms with Crippen LogP contribution in [0.5, 0.6) is 5.75 Å². The van der Waals surface area contributed by atoms with Gasteiger partial charge in [-0.05, 0) is 30.8 Å². The fraction of sp³-hybridized carbons (Fsp3) is 0.333. The summed E-state index contributed by atoms with van der Waals surface area (Å²) in [7, 11) is 4.91. The number of amides is 1. The lowest BCUT2D eigenvalue weighted by molar-refractivity contribution is 0.0824. The first kappa shape index (κ1) is 13.4. The van der Waals surface area contributed by atoms with E-state index < -0.39 is 0 Å². The second-order valence-corrected chi connectivity index (χ2v) is 3.92. The zero-order chi connectivity index (χ0) is 13.0. The number of carbonyl (C=O) groups excluding carboxylic acids is 1. The number of hydrogen-bond donors (Lipinski definition) is 0. The van der Waals surface area contributed by atoms with Crippen LogP contribution in [0.2, 0.25) is 0 Å². The molecule has 0 N–H and O–H groups in total. The standard InChI is InChI=1S/C12H14N2O2S/c1-8-5-9(12(15)14(2)3)11(16-4)6-10(8)13-7-17/h5-6H,1-4H3. The molecule has 0 aromatic heterocycles. The van der Waals surface area contributed by atoms with Crippen molar-refractivity contribution in [1.82, 2.24) is 4.90 Å². The van der Waals surface area contributed by atoms with Gasteiger partial charge < -0.3 is 9.64 Å². The highest BCUT2D eigenvalue weighted by molar-refractivity contribution is 7.78. The van der Waals surface area contributed by atoms with E-state index in [9.17, 15) is 4.79 Å². The van der Waals surface area contributed by atoms with Crippen LogP contribution in [0.15, 0.2) is 17.1 Å². The van der Waals surface area contributed by atoms with Gasteiger partial charge in [-0.2, -0.15) is 4.99 Å². The predicted molar refractivity (Wildman–Crippen MR) is 70.4 cm³/mol. The zero-order valence-electron chi connectivity index (χ0n) is 10.3. The van der Waals surface area contributed by atoms with E-state index in [1.54, 1.807) is 26.2 Å². The number of hydrogen-bond acceptors (Lipinski definition) is 4. The summed E-state index contributed by atoms with van der Waals surface area (Å²) in [6.45, 7) is 1.86. The van der Waals surface area contributed by atoms with Gasteiger partial charge >= 0.3 is 0 Å². The largest absolute Gasteiger partial charge is 0.496 e. The molecule has 90 valence electrons. The normalized spacial score (nSPS) is 9.41. The maximum atomic E-state index is 11.9. The Morgan fingerprint density at radius 3 is 2.59 bits per heavy atom. The quantitative estimate of drug-likeness (QED) is 0.611. The summed E-state index contributed by atoms with van der Waals surface area (Å²) in [6.07, 6.45) is 0. The molecule has 1 amide bonds. The van der Waals surface area contributed by atoms with Crippen molar-refractivity contribution in [2.45, 2.75) is 6.92 Å². The number of carbonyl (C=O) groups is 1. The number of rotatable bonds is 3. The van der Waals surface area contributed by atoms with Crippen molar-refractivity contribution in [3.05, 3.63) is 23.3 Å². The minimum Gasteiger partial charge on any atom is -0.496 e. The van der Waals surface area contributed by atoms with Gasteiger partial charge in [-0.3, -0.25) is 4.79 Å². The van der Waals surface area contributed by atoms with Crippen LogP contribution >= 0.6 is 12.2 Å². The summed E-state index contributed by atoms with van der Waals surface area (Å²) in [5.41, 5.74) is 2.03. The first-order valence-electron chi connectivity index (χ1n) is 4.99. The Morgan fingerprint density at radius 2 is 2.12 bits per heavy atom. The monoisotopic (exact) mass is 250 g/mol. The van der Waals surface area contributed by atoms with E-state index in [0.29, 0.717) is 17.0 Å². The fourth-order valence-electron chi connectivity index (χ4n) is 1.42. The lowest BCUT2D eigenvalue weighted by Crippen LogP contribution is -2.22. The first-order chi connectivity index (χ1) is 8.01. The second-order valence-electron chi connectivity index (χ2n) is 3.74. The van der Waals surface area contributed by atoms with Crippen molar-refractivity contribution in [2.75, 3.05) is 21.2 Å². The van der Waals surface area contributed by atoms with Gasteiger partial charge in [0.1, 0.15) is 5.75 Å². The molecular weight excluding hydrogens is 236 g/mol. The summed E-state index contributed by atoms with van der Waals surface area (Å²) in [5.74, 6) is 0.376. The summed E-state index contributed by atoms with van der Waals surface area (Å²) >= 11 is 4.57. The molecule has 0 radical (unpaired) electrons. The Labute approximate surface area is 106 Å². The molecule has 1 aromatic carbocycles. The van der Waals surface area contributed by atoms with E-state index in [0.717, 1.165) is 5.56 Å². The molecule has 0 aliphatic heterocycles. The lowest BCUT2D eigenvalue weighted by Gasteiger charge is -2.14. The van der Waals surface area contributed by atoms with E-state index in [1.807, 2.05) is 6.92 Å². The van der Waals surface area contributed by atoms with Gasteiger partial charge in [-0.25, -0.2) is 0 Å². The van der Waals surface area contributed by atoms with Crippen molar-refractivity contribution < 1.29 is 9.53 Å². The third kappa shape index (κ3) is 2.90. The maximum absolute atomic E-state index is 11.9. The average Bonchev–Trinajstić information content (AvgIpc) is 2.30. The number of nitrogens with zero attached hydrogens (tertiary/aromatic N) is 2. The molecule has 1 aromatic rings. The minimum absolute atomic E-state index is 0.108. The molecule has 0 saturated carbocycles. The van der Waals surface area contributed by atoms with Crippen LogP contribution in [0, 0.1) is 6.92 Å². The van der Waals surface area contributed by atoms with Crippen molar-refractivity contribution >= 4 is 29.0 Å². The molecule has 0 unspecified atom stereocenters. The number of aliphatic imine (C=N–C) groups is 1. The van der Waals surface area contributed by atoms with Crippen molar-refractivity contribution in [2.24, 2.45) is 4.99 Å². The highest BCUT2D eigenvalue weighted by atomic mass is 32.1. The number of benzene rings is 1. The summed E-state index contributed by atoms with van der Waals surface area (Å²) in [5, 5.41) is 2.31. The molecule has 0 bridgehead atoms. The molecule has 17 heavy (non-hydrogen) atoms. The molecule has 5 heteroatoms. The number of thiocarbonyl (C=S) groups is 1. The van der Waals surface area contributed by atoms with Crippen molar-refractivity contribution in [3.8, 4) is 5.75 Å². The van der Waals surface area contributed by atoms with Crippen LogP contribution in [0.1, 0.15) is 15.9 Å². The second kappa shape index (κ2) is 5.57. The molecule has 0 aliphatic carbocycles. The molecule has 0 fully saturated rings. The summed E-state index contributed by atoms with van der Waals surface area (Å²) < 4.78 is 5.19. The van der Waals surface area contributed by atoms with Gasteiger partial charge in [-0.1, -0.05) is 0 Å². The van der Waals surface area contributed by atoms with Crippen molar-refractivity contribution in [3.63, 3.8) is 0 Å². The van der Waals surface area contributed by atoms with Gasteiger partial charge in [-0.15, -0.1) is 0 Å². The molecule has 4 nitrogen and oxygen atoms in total. The van der Waals surface area contributed by atoms with Crippen LogP contribution in [0.4, 0.5) is 5.69 Å². The molecular formula is C12H14N2O2S. The van der Waals surface area contributed by atoms with Crippen molar-refractivity contribution in [1.29, 1.82) is 0 Å². The van der Waals surface area contributed by atoms with Crippen LogP contribution in [0.25, 0.3) is 0 Å². The Balaban J connectivity index is 3.37. The zero-order valence-corrected chi connectivity index (χ0v) is 11.1. The predicted octanol–water partition coefficient (Wildman–Crippen LogP) is 2.44. The summed E-state index contributed by atoms with van der Waals surface area (Å²) in [6, 6.07) is 3.43.